The van der Waals surface area contributed by atoms with Gasteiger partial charge in [0.15, 0.2) is 0 Å². The maximum Gasteiger partial charge on any atom is 0.0405 e. The van der Waals surface area contributed by atoms with Gasteiger partial charge in [0.2, 0.25) is 0 Å². The van der Waals surface area contributed by atoms with Crippen LogP contribution in [-0.4, -0.2) is 13.1 Å². The number of hydrogen-bond donors (Lipinski definition) is 0. The fourth-order valence-electron chi connectivity index (χ4n) is 1.91. The molecule has 0 saturated carbocycles. The van der Waals surface area contributed by atoms with Crippen LogP contribution in [0.15, 0.2) is 36.9 Å². The van der Waals surface area contributed by atoms with E-state index < -0.39 is 0 Å². The monoisotopic (exact) mass is 174 g/mol. The number of nitrogens with zero attached hydrogens (tertiary/aromatic N) is 1. The van der Waals surface area contributed by atoms with Crippen molar-refractivity contribution in [3.05, 3.63) is 42.5 Å². The van der Waals surface area contributed by atoms with E-state index in [0.717, 1.165) is 13.1 Å². The molecular weight excluding hydrogens is 158 g/mol. The Kier molecular flexibility index (Phi) is 1.80. The molecular formula is C12H15N. The van der Waals surface area contributed by atoms with Crippen LogP contribution >= 0.6 is 0 Å². The van der Waals surface area contributed by atoms with Crippen LogP contribution in [0.2, 0.25) is 0 Å². The van der Waals surface area contributed by atoms with E-state index >= 15 is 0 Å². The zero-order valence-electron chi connectivity index (χ0n) is 8.74. The van der Waals surface area contributed by atoms with Crippen molar-refractivity contribution >= 4 is 5.69 Å². The summed E-state index contributed by atoms with van der Waals surface area (Å²) in [5, 5.41) is 0. The molecule has 0 aromatic heterocycles. The lowest BCUT2D eigenvalue weighted by Gasteiger charge is -2.16. The Balaban J connectivity index is 2.33. The average molecular weight is 174 g/mol. The first kappa shape index (κ1) is 7.19. The minimum Gasteiger partial charge on any atom is -0.367 e. The number of anilines is 1. The molecule has 1 aliphatic heterocycles. The third-order valence-corrected chi connectivity index (χ3v) is 2.51. The van der Waals surface area contributed by atoms with E-state index in [1.165, 1.54) is 11.3 Å². The lowest BCUT2D eigenvalue weighted by Crippen LogP contribution is -2.20. The van der Waals surface area contributed by atoms with Gasteiger partial charge >= 0.3 is 0 Å². The van der Waals surface area contributed by atoms with Gasteiger partial charge in [-0.25, -0.2) is 0 Å². The Morgan fingerprint density at radius 1 is 1.69 bits per heavy atom. The summed E-state index contributed by atoms with van der Waals surface area (Å²) < 4.78 is 7.50. The topological polar surface area (TPSA) is 3.24 Å². The largest absolute Gasteiger partial charge is 0.367 e. The second-order valence-electron chi connectivity index (χ2n) is 3.45. The third-order valence-electron chi connectivity index (χ3n) is 2.51. The molecule has 0 bridgehead atoms. The van der Waals surface area contributed by atoms with Crippen LogP contribution in [0, 0.1) is 0 Å². The van der Waals surface area contributed by atoms with Gasteiger partial charge in [0.05, 0.1) is 0 Å². The van der Waals surface area contributed by atoms with E-state index in [1.807, 2.05) is 6.08 Å². The minimum atomic E-state index is 0.381. The summed E-state index contributed by atoms with van der Waals surface area (Å²) >= 11 is 0. The zero-order valence-corrected chi connectivity index (χ0v) is 7.74. The maximum atomic E-state index is 7.50. The zero-order chi connectivity index (χ0) is 9.97. The SMILES string of the molecule is [2H]C[C@H]1CN(CC=C)c2ccccc21. The van der Waals surface area contributed by atoms with E-state index in [2.05, 4.69) is 35.7 Å². The normalized spacial score (nSPS) is 21.1. The van der Waals surface area contributed by atoms with Gasteiger partial charge in [0.1, 0.15) is 0 Å². The molecule has 0 unspecified atom stereocenters. The van der Waals surface area contributed by atoms with Crippen molar-refractivity contribution in [2.75, 3.05) is 18.0 Å². The molecule has 0 radical (unpaired) electrons. The third kappa shape index (κ3) is 1.35. The second kappa shape index (κ2) is 3.25. The van der Waals surface area contributed by atoms with Gasteiger partial charge in [-0.3, -0.25) is 0 Å². The van der Waals surface area contributed by atoms with Crippen molar-refractivity contribution in [2.24, 2.45) is 0 Å². The van der Waals surface area contributed by atoms with Crippen LogP contribution in [0.4, 0.5) is 5.69 Å². The summed E-state index contributed by atoms with van der Waals surface area (Å²) in [6.07, 6.45) is 1.92. The molecule has 0 saturated heterocycles. The first-order valence-corrected chi connectivity index (χ1v) is 4.61. The van der Waals surface area contributed by atoms with Gasteiger partial charge in [-0.05, 0) is 11.6 Å². The number of fused-ring (bicyclic) bond motifs is 1. The predicted octanol–water partition coefficient (Wildman–Crippen LogP) is 2.80. The number of rotatable bonds is 2. The lowest BCUT2D eigenvalue weighted by molar-refractivity contribution is 0.777. The van der Waals surface area contributed by atoms with Crippen LogP contribution < -0.4 is 4.90 Å². The molecule has 1 nitrogen and oxygen atoms in total. The van der Waals surface area contributed by atoms with E-state index in [0.29, 0.717) is 12.8 Å². The molecule has 0 aliphatic carbocycles. The first-order valence-electron chi connectivity index (χ1n) is 5.31. The molecule has 1 heteroatoms. The number of hydrogen-bond acceptors (Lipinski definition) is 1. The molecule has 0 N–H and O–H groups in total. The number of para-hydroxylation sites is 1. The Morgan fingerprint density at radius 3 is 3.31 bits per heavy atom. The van der Waals surface area contributed by atoms with Gasteiger partial charge in [-0.1, -0.05) is 31.2 Å². The second-order valence-corrected chi connectivity index (χ2v) is 3.45. The van der Waals surface area contributed by atoms with Crippen molar-refractivity contribution in [2.45, 2.75) is 12.8 Å². The van der Waals surface area contributed by atoms with Gasteiger partial charge in [0, 0.05) is 26.1 Å². The van der Waals surface area contributed by atoms with Crippen LogP contribution in [0.5, 0.6) is 0 Å². The lowest BCUT2D eigenvalue weighted by atomic mass is 10.0. The molecule has 0 amide bonds. The fraction of sp³-hybridized carbons (Fsp3) is 0.333. The summed E-state index contributed by atoms with van der Waals surface area (Å²) in [6.45, 7) is 6.09. The van der Waals surface area contributed by atoms with Crippen molar-refractivity contribution in [3.63, 3.8) is 0 Å². The van der Waals surface area contributed by atoms with Crippen molar-refractivity contribution < 1.29 is 1.37 Å². The molecule has 0 fully saturated rings. The van der Waals surface area contributed by atoms with E-state index in [9.17, 15) is 0 Å². The summed E-state index contributed by atoms with van der Waals surface area (Å²) in [7, 11) is 0. The Labute approximate surface area is 81.1 Å². The van der Waals surface area contributed by atoms with Gasteiger partial charge in [0.25, 0.3) is 0 Å². The highest BCUT2D eigenvalue weighted by molar-refractivity contribution is 5.60. The maximum absolute atomic E-state index is 7.50. The van der Waals surface area contributed by atoms with Crippen molar-refractivity contribution in [1.29, 1.82) is 0 Å². The van der Waals surface area contributed by atoms with Gasteiger partial charge < -0.3 is 4.90 Å². The molecule has 1 atom stereocenters. The summed E-state index contributed by atoms with van der Waals surface area (Å²) in [6, 6.07) is 8.38. The van der Waals surface area contributed by atoms with Crippen LogP contribution in [0.25, 0.3) is 0 Å². The van der Waals surface area contributed by atoms with Crippen LogP contribution in [0.3, 0.4) is 0 Å². The molecule has 1 aromatic rings. The predicted molar refractivity (Wildman–Crippen MR) is 57.3 cm³/mol. The summed E-state index contributed by atoms with van der Waals surface area (Å²) in [4.78, 5) is 2.29. The number of benzene rings is 1. The molecule has 1 aromatic carbocycles. The molecule has 13 heavy (non-hydrogen) atoms. The quantitative estimate of drug-likeness (QED) is 0.623. The van der Waals surface area contributed by atoms with Crippen LogP contribution in [-0.2, 0) is 0 Å². The fourth-order valence-corrected chi connectivity index (χ4v) is 1.91. The Hall–Kier alpha value is -1.24. The average Bonchev–Trinajstić information content (AvgIpc) is 2.58. The van der Waals surface area contributed by atoms with Crippen molar-refractivity contribution in [3.8, 4) is 0 Å². The Bertz CT molecular complexity index is 335. The van der Waals surface area contributed by atoms with Crippen LogP contribution in [0.1, 0.15) is 19.8 Å². The van der Waals surface area contributed by atoms with E-state index in [4.69, 9.17) is 1.37 Å². The van der Waals surface area contributed by atoms with Crippen molar-refractivity contribution in [1.82, 2.24) is 0 Å². The molecule has 2 rings (SSSR count). The molecule has 68 valence electrons. The molecule has 1 heterocycles. The molecule has 1 aliphatic rings. The summed E-state index contributed by atoms with van der Waals surface area (Å²) in [5.74, 6) is 0.381. The highest BCUT2D eigenvalue weighted by Crippen LogP contribution is 2.35. The van der Waals surface area contributed by atoms with Gasteiger partial charge in [-0.2, -0.15) is 0 Å². The van der Waals surface area contributed by atoms with E-state index in [-0.39, 0.29) is 0 Å². The minimum absolute atomic E-state index is 0.381. The Morgan fingerprint density at radius 2 is 2.54 bits per heavy atom. The van der Waals surface area contributed by atoms with E-state index in [1.54, 1.807) is 0 Å². The highest BCUT2D eigenvalue weighted by atomic mass is 15.1. The van der Waals surface area contributed by atoms with Gasteiger partial charge in [-0.15, -0.1) is 6.58 Å². The highest BCUT2D eigenvalue weighted by Gasteiger charge is 2.23. The standard InChI is InChI=1S/C12H15N/c1-3-8-13-9-10(2)11-6-4-5-7-12(11)13/h3-7,10H,1,8-9H2,2H3/t10-/m0/s1/i2D. The smallest absolute Gasteiger partial charge is 0.0405 e. The first-order chi connectivity index (χ1) is 6.86. The molecule has 0 spiro atoms. The summed E-state index contributed by atoms with van der Waals surface area (Å²) in [5.41, 5.74) is 2.61.